The van der Waals surface area contributed by atoms with Crippen LogP contribution in [-0.2, 0) is 17.3 Å². The second-order valence-corrected chi connectivity index (χ2v) is 17.9. The van der Waals surface area contributed by atoms with Crippen molar-refractivity contribution in [2.75, 3.05) is 0 Å². The number of aromatic nitrogens is 1. The summed E-state index contributed by atoms with van der Waals surface area (Å²) >= 11 is 0. The monoisotopic (exact) mass is 840 g/mol. The molecule has 11 aromatic rings. The number of rotatable bonds is 4. The van der Waals surface area contributed by atoms with Crippen molar-refractivity contribution in [3.05, 3.63) is 298 Å². The summed E-state index contributed by atoms with van der Waals surface area (Å²) in [7, 11) is 0. The lowest BCUT2D eigenvalue weighted by Crippen LogP contribution is -2.44. The van der Waals surface area contributed by atoms with E-state index in [2.05, 4.69) is 236 Å². The highest BCUT2D eigenvalue weighted by atomic mass is 14.7. The van der Waals surface area contributed by atoms with Gasteiger partial charge in [0, 0.05) is 28.0 Å². The summed E-state index contributed by atoms with van der Waals surface area (Å²) in [5.41, 5.74) is 22.9. The molecule has 2 heteroatoms. The minimum Gasteiger partial charge on any atom is -0.354 e. The van der Waals surface area contributed by atoms with Crippen molar-refractivity contribution in [2.45, 2.75) is 17.3 Å². The lowest BCUT2D eigenvalue weighted by atomic mass is 9.52. The maximum atomic E-state index is 8.18. The summed E-state index contributed by atoms with van der Waals surface area (Å²) in [6.07, 6.45) is 2.48. The van der Waals surface area contributed by atoms with E-state index in [9.17, 15) is 0 Å². The highest BCUT2D eigenvalue weighted by Gasteiger charge is 2.59. The topological polar surface area (TPSA) is 39.6 Å². The van der Waals surface area contributed by atoms with Gasteiger partial charge in [-0.05, 0) is 119 Å². The zero-order chi connectivity index (χ0) is 43.8. The number of fused-ring (bicyclic) bond motifs is 20. The molecule has 0 bridgehead atoms. The van der Waals surface area contributed by atoms with Gasteiger partial charge in [0.15, 0.2) is 0 Å². The third-order valence-electron chi connectivity index (χ3n) is 14.7. The van der Waals surface area contributed by atoms with E-state index in [1.165, 1.54) is 100 Å². The van der Waals surface area contributed by atoms with E-state index in [-0.39, 0.29) is 0 Å². The van der Waals surface area contributed by atoms with Crippen LogP contribution >= 0.6 is 0 Å². The Morgan fingerprint density at radius 1 is 0.379 bits per heavy atom. The molecule has 310 valence electrons. The second-order valence-electron chi connectivity index (χ2n) is 17.9. The Balaban J connectivity index is 0.000000289. The number of nitrogens with one attached hydrogen (secondary N) is 2. The van der Waals surface area contributed by atoms with E-state index in [0.29, 0.717) is 0 Å². The van der Waals surface area contributed by atoms with Gasteiger partial charge in [-0.25, -0.2) is 0 Å². The summed E-state index contributed by atoms with van der Waals surface area (Å²) in [4.78, 5) is 3.77. The second kappa shape index (κ2) is 14.9. The van der Waals surface area contributed by atoms with Gasteiger partial charge in [-0.2, -0.15) is 0 Å². The fourth-order valence-corrected chi connectivity index (χ4v) is 12.2. The zero-order valence-electron chi connectivity index (χ0n) is 36.3. The molecule has 2 nitrogen and oxygen atoms in total. The van der Waals surface area contributed by atoms with Crippen LogP contribution in [0.15, 0.2) is 237 Å². The first-order chi connectivity index (χ1) is 32.7. The number of hydrogen-bond acceptors (Lipinski definition) is 1. The molecule has 0 amide bonds. The predicted octanol–water partition coefficient (Wildman–Crippen LogP) is 15.3. The maximum absolute atomic E-state index is 8.18. The first kappa shape index (κ1) is 38.2. The van der Waals surface area contributed by atoms with Gasteiger partial charge >= 0.3 is 0 Å². The molecular formula is C64H44N2. The molecule has 0 aliphatic heterocycles. The van der Waals surface area contributed by atoms with Crippen molar-refractivity contribution in [1.82, 2.24) is 4.98 Å². The first-order valence-corrected chi connectivity index (χ1v) is 23.0. The molecule has 66 heavy (non-hydrogen) atoms. The summed E-state index contributed by atoms with van der Waals surface area (Å²) < 4.78 is 0. The molecular weight excluding hydrogens is 797 g/mol. The van der Waals surface area contributed by atoms with Gasteiger partial charge < -0.3 is 10.4 Å². The van der Waals surface area contributed by atoms with Crippen molar-refractivity contribution in [2.24, 2.45) is 0 Å². The van der Waals surface area contributed by atoms with Crippen molar-refractivity contribution < 1.29 is 0 Å². The number of H-pyrrole nitrogens is 1. The van der Waals surface area contributed by atoms with Crippen LogP contribution in [-0.4, -0.2) is 11.2 Å². The Labute approximate surface area is 385 Å². The Morgan fingerprint density at radius 3 is 1.50 bits per heavy atom. The van der Waals surface area contributed by atoms with Crippen molar-refractivity contribution in [3.63, 3.8) is 0 Å². The van der Waals surface area contributed by atoms with E-state index < -0.39 is 10.8 Å². The van der Waals surface area contributed by atoms with Gasteiger partial charge in [0.2, 0.25) is 0 Å². The molecule has 0 radical (unpaired) electrons. The van der Waals surface area contributed by atoms with Crippen LogP contribution in [0.5, 0.6) is 0 Å². The van der Waals surface area contributed by atoms with E-state index in [4.69, 9.17) is 5.41 Å². The van der Waals surface area contributed by atoms with Crippen molar-refractivity contribution >= 4 is 28.0 Å². The molecule has 0 saturated heterocycles. The van der Waals surface area contributed by atoms with Gasteiger partial charge in [0.05, 0.1) is 10.8 Å². The summed E-state index contributed by atoms with van der Waals surface area (Å²) in [5.74, 6) is 0. The van der Waals surface area contributed by atoms with Gasteiger partial charge in [-0.3, -0.25) is 0 Å². The third kappa shape index (κ3) is 5.27. The minimum atomic E-state index is -0.626. The molecule has 1 aromatic heterocycles. The third-order valence-corrected chi connectivity index (χ3v) is 14.7. The standard InChI is InChI=1S/C51H32N2.C13H12/c52-30-31-13-11-14-32(29-31)33-18-12-19-37-47-44(27-28-46-48(47)36-17-3-10-26-45(36)53-46)51(49(33)37)42-24-8-6-22-40(42)50(41-23-7-9-25-43(41)51)38-20-4-1-15-34(38)35-16-2-5-21-39(35)50;1-3-7-12(8-4-1)11-13-9-5-2-6-10-13/h1-30,52-53H;1-10H,11H2. The lowest BCUT2D eigenvalue weighted by Gasteiger charge is -2.49. The molecule has 0 saturated carbocycles. The molecule has 2 N–H and O–H groups in total. The largest absolute Gasteiger partial charge is 0.354 e. The first-order valence-electron chi connectivity index (χ1n) is 23.0. The van der Waals surface area contributed by atoms with E-state index in [1.54, 1.807) is 0 Å². The van der Waals surface area contributed by atoms with Crippen LogP contribution in [0.2, 0.25) is 0 Å². The van der Waals surface area contributed by atoms with Gasteiger partial charge in [0.25, 0.3) is 0 Å². The Kier molecular flexibility index (Phi) is 8.60. The van der Waals surface area contributed by atoms with Crippen LogP contribution in [0, 0.1) is 5.41 Å². The molecule has 3 aliphatic rings. The van der Waals surface area contributed by atoms with Crippen LogP contribution in [0.4, 0.5) is 0 Å². The maximum Gasteiger partial charge on any atom is 0.0726 e. The zero-order valence-corrected chi connectivity index (χ0v) is 36.3. The van der Waals surface area contributed by atoms with Crippen molar-refractivity contribution in [3.8, 4) is 33.4 Å². The molecule has 0 unspecified atom stereocenters. The van der Waals surface area contributed by atoms with Crippen LogP contribution in [0.3, 0.4) is 0 Å². The van der Waals surface area contributed by atoms with E-state index >= 15 is 0 Å². The lowest BCUT2D eigenvalue weighted by molar-refractivity contribution is 0.634. The molecule has 10 aromatic carbocycles. The summed E-state index contributed by atoms with van der Waals surface area (Å²) in [6, 6.07) is 86.6. The van der Waals surface area contributed by atoms with Gasteiger partial charge in [0.1, 0.15) is 0 Å². The van der Waals surface area contributed by atoms with Crippen LogP contribution in [0.1, 0.15) is 61.2 Å². The normalized spacial score (nSPS) is 13.8. The number of benzene rings is 10. The molecule has 14 rings (SSSR count). The fourth-order valence-electron chi connectivity index (χ4n) is 12.2. The highest BCUT2D eigenvalue weighted by Crippen LogP contribution is 2.69. The van der Waals surface area contributed by atoms with Crippen LogP contribution < -0.4 is 0 Å². The number of para-hydroxylation sites is 1. The molecule has 0 atom stereocenters. The molecule has 2 spiro atoms. The Hall–Kier alpha value is -8.33. The average molecular weight is 841 g/mol. The van der Waals surface area contributed by atoms with Crippen molar-refractivity contribution in [1.29, 1.82) is 5.41 Å². The van der Waals surface area contributed by atoms with E-state index in [0.717, 1.165) is 28.6 Å². The quantitative estimate of drug-likeness (QED) is 0.166. The molecule has 3 aliphatic carbocycles. The smallest absolute Gasteiger partial charge is 0.0726 e. The Morgan fingerprint density at radius 2 is 0.879 bits per heavy atom. The van der Waals surface area contributed by atoms with E-state index in [1.807, 2.05) is 6.07 Å². The fraction of sp³-hybridized carbons (Fsp3) is 0.0469. The number of aromatic amines is 1. The predicted molar refractivity (Wildman–Crippen MR) is 273 cm³/mol. The van der Waals surface area contributed by atoms with Gasteiger partial charge in [-0.15, -0.1) is 0 Å². The Bertz CT molecular complexity index is 3570. The minimum absolute atomic E-state index is 0.492. The molecule has 0 fully saturated rings. The van der Waals surface area contributed by atoms with Crippen LogP contribution in [0.25, 0.3) is 55.2 Å². The number of hydrogen-bond donors (Lipinski definition) is 2. The summed E-state index contributed by atoms with van der Waals surface area (Å²) in [5, 5.41) is 10.7. The highest BCUT2D eigenvalue weighted by molar-refractivity contribution is 6.18. The molecule has 1 heterocycles. The average Bonchev–Trinajstić information content (AvgIpc) is 4.02. The summed E-state index contributed by atoms with van der Waals surface area (Å²) in [6.45, 7) is 0. The SMILES string of the molecule is N=Cc1cccc(-c2cccc3c2C2(c4ccccc4C4(c5ccccc5-c5ccccc54)c4ccccc42)c2ccc4[nH]c5ccccc5c4c2-3)c1.c1ccc(Cc2ccccc2)cc1. The van der Waals surface area contributed by atoms with Gasteiger partial charge in [-0.1, -0.05) is 218 Å².